The Bertz CT molecular complexity index is 540. The molecule has 0 amide bonds. The lowest BCUT2D eigenvalue weighted by Gasteiger charge is -2.10. The van der Waals surface area contributed by atoms with Crippen molar-refractivity contribution in [1.29, 1.82) is 0 Å². The van der Waals surface area contributed by atoms with E-state index in [9.17, 15) is 0 Å². The lowest BCUT2D eigenvalue weighted by atomic mass is 10.1. The molecule has 2 aromatic carbocycles. The molecule has 18 heavy (non-hydrogen) atoms. The van der Waals surface area contributed by atoms with Crippen LogP contribution < -0.4 is 10.1 Å². The van der Waals surface area contributed by atoms with Crippen LogP contribution in [0, 0.1) is 6.92 Å². The molecule has 0 unspecified atom stereocenters. The highest BCUT2D eigenvalue weighted by atomic mass is 79.9. The largest absolute Gasteiger partial charge is 0.497 e. The maximum absolute atomic E-state index is 5.21. The summed E-state index contributed by atoms with van der Waals surface area (Å²) in [4.78, 5) is 0. The van der Waals surface area contributed by atoms with Crippen LogP contribution in [-0.2, 0) is 6.54 Å². The second-order valence-electron chi connectivity index (χ2n) is 4.16. The summed E-state index contributed by atoms with van der Waals surface area (Å²) in [6.45, 7) is 2.89. The van der Waals surface area contributed by atoms with Crippen molar-refractivity contribution in [2.45, 2.75) is 13.5 Å². The topological polar surface area (TPSA) is 21.3 Å². The first-order valence-electron chi connectivity index (χ1n) is 5.82. The van der Waals surface area contributed by atoms with Gasteiger partial charge in [0.1, 0.15) is 5.75 Å². The third-order valence-corrected chi connectivity index (χ3v) is 3.30. The van der Waals surface area contributed by atoms with Gasteiger partial charge in [-0.2, -0.15) is 0 Å². The molecule has 0 aliphatic rings. The van der Waals surface area contributed by atoms with Crippen LogP contribution in [-0.4, -0.2) is 7.11 Å². The van der Waals surface area contributed by atoms with Crippen molar-refractivity contribution in [3.8, 4) is 5.75 Å². The average Bonchev–Trinajstić information content (AvgIpc) is 2.38. The summed E-state index contributed by atoms with van der Waals surface area (Å²) in [5.74, 6) is 0.891. The molecule has 0 heterocycles. The number of hydrogen-bond acceptors (Lipinski definition) is 2. The van der Waals surface area contributed by atoms with E-state index in [0.29, 0.717) is 0 Å². The van der Waals surface area contributed by atoms with Crippen molar-refractivity contribution in [2.75, 3.05) is 12.4 Å². The fourth-order valence-corrected chi connectivity index (χ4v) is 2.28. The first-order valence-corrected chi connectivity index (χ1v) is 6.61. The first kappa shape index (κ1) is 13.0. The number of ether oxygens (including phenoxy) is 1. The molecule has 0 saturated heterocycles. The van der Waals surface area contributed by atoms with Gasteiger partial charge in [-0.25, -0.2) is 0 Å². The van der Waals surface area contributed by atoms with E-state index in [2.05, 4.69) is 46.4 Å². The van der Waals surface area contributed by atoms with Crippen LogP contribution in [0.2, 0.25) is 0 Å². The normalized spacial score (nSPS) is 10.2. The quantitative estimate of drug-likeness (QED) is 0.905. The average molecular weight is 306 g/mol. The van der Waals surface area contributed by atoms with E-state index >= 15 is 0 Å². The molecule has 0 fully saturated rings. The van der Waals surface area contributed by atoms with Crippen molar-refractivity contribution >= 4 is 21.6 Å². The fourth-order valence-electron chi connectivity index (χ4n) is 1.81. The number of benzene rings is 2. The van der Waals surface area contributed by atoms with Crippen LogP contribution in [0.5, 0.6) is 5.75 Å². The Morgan fingerprint density at radius 3 is 2.72 bits per heavy atom. The molecular weight excluding hydrogens is 290 g/mol. The number of aryl methyl sites for hydroxylation is 1. The molecule has 94 valence electrons. The van der Waals surface area contributed by atoms with Crippen LogP contribution in [0.25, 0.3) is 0 Å². The Morgan fingerprint density at radius 2 is 2.00 bits per heavy atom. The standard InChI is InChI=1S/C15H16BrNO/c1-11-8-13(16)6-7-15(11)17-10-12-4-3-5-14(9-12)18-2/h3-9,17H,10H2,1-2H3. The van der Waals surface area contributed by atoms with Gasteiger partial charge in [-0.1, -0.05) is 28.1 Å². The highest BCUT2D eigenvalue weighted by Gasteiger charge is 2.00. The van der Waals surface area contributed by atoms with Crippen LogP contribution >= 0.6 is 15.9 Å². The van der Waals surface area contributed by atoms with Crippen molar-refractivity contribution in [3.63, 3.8) is 0 Å². The smallest absolute Gasteiger partial charge is 0.119 e. The lowest BCUT2D eigenvalue weighted by molar-refractivity contribution is 0.414. The third kappa shape index (κ3) is 3.26. The Kier molecular flexibility index (Phi) is 4.26. The van der Waals surface area contributed by atoms with Gasteiger partial charge in [0.15, 0.2) is 0 Å². The monoisotopic (exact) mass is 305 g/mol. The molecule has 0 bridgehead atoms. The van der Waals surface area contributed by atoms with E-state index in [1.165, 1.54) is 11.1 Å². The number of methoxy groups -OCH3 is 1. The van der Waals surface area contributed by atoms with E-state index < -0.39 is 0 Å². The van der Waals surface area contributed by atoms with Gasteiger partial charge >= 0.3 is 0 Å². The predicted octanol–water partition coefficient (Wildman–Crippen LogP) is 4.38. The van der Waals surface area contributed by atoms with Gasteiger partial charge in [0, 0.05) is 16.7 Å². The van der Waals surface area contributed by atoms with Crippen molar-refractivity contribution in [1.82, 2.24) is 0 Å². The first-order chi connectivity index (χ1) is 8.69. The van der Waals surface area contributed by atoms with E-state index in [4.69, 9.17) is 4.74 Å². The van der Waals surface area contributed by atoms with Gasteiger partial charge in [-0.3, -0.25) is 0 Å². The minimum Gasteiger partial charge on any atom is -0.497 e. The molecule has 0 radical (unpaired) electrons. The number of nitrogens with one attached hydrogen (secondary N) is 1. The van der Waals surface area contributed by atoms with Crippen molar-refractivity contribution in [2.24, 2.45) is 0 Å². The number of hydrogen-bond donors (Lipinski definition) is 1. The van der Waals surface area contributed by atoms with E-state index in [0.717, 1.165) is 22.5 Å². The van der Waals surface area contributed by atoms with E-state index in [1.54, 1.807) is 7.11 Å². The lowest BCUT2D eigenvalue weighted by Crippen LogP contribution is -2.01. The number of rotatable bonds is 4. The third-order valence-electron chi connectivity index (χ3n) is 2.81. The Labute approximate surface area is 116 Å². The summed E-state index contributed by atoms with van der Waals surface area (Å²) in [5.41, 5.74) is 3.59. The molecule has 1 N–H and O–H groups in total. The van der Waals surface area contributed by atoms with Crippen LogP contribution in [0.3, 0.4) is 0 Å². The fraction of sp³-hybridized carbons (Fsp3) is 0.200. The SMILES string of the molecule is COc1cccc(CNc2ccc(Br)cc2C)c1. The second kappa shape index (κ2) is 5.91. The number of anilines is 1. The maximum atomic E-state index is 5.21. The summed E-state index contributed by atoms with van der Waals surface area (Å²) < 4.78 is 6.32. The second-order valence-corrected chi connectivity index (χ2v) is 5.08. The van der Waals surface area contributed by atoms with Crippen molar-refractivity contribution in [3.05, 3.63) is 58.1 Å². The minimum absolute atomic E-state index is 0.791. The molecule has 0 atom stereocenters. The predicted molar refractivity (Wildman–Crippen MR) is 79.2 cm³/mol. The Morgan fingerprint density at radius 1 is 1.17 bits per heavy atom. The molecule has 0 aromatic heterocycles. The summed E-state index contributed by atoms with van der Waals surface area (Å²) in [6.07, 6.45) is 0. The van der Waals surface area contributed by atoms with Gasteiger partial charge < -0.3 is 10.1 Å². The van der Waals surface area contributed by atoms with Gasteiger partial charge in [0.25, 0.3) is 0 Å². The summed E-state index contributed by atoms with van der Waals surface area (Å²) in [6, 6.07) is 14.3. The van der Waals surface area contributed by atoms with Crippen molar-refractivity contribution < 1.29 is 4.74 Å². The zero-order valence-electron chi connectivity index (χ0n) is 10.5. The highest BCUT2D eigenvalue weighted by Crippen LogP contribution is 2.21. The summed E-state index contributed by atoms with van der Waals surface area (Å²) in [5, 5.41) is 3.43. The maximum Gasteiger partial charge on any atom is 0.119 e. The molecule has 2 aromatic rings. The van der Waals surface area contributed by atoms with Crippen LogP contribution in [0.4, 0.5) is 5.69 Å². The number of halogens is 1. The zero-order chi connectivity index (χ0) is 13.0. The molecule has 0 aliphatic carbocycles. The van der Waals surface area contributed by atoms with Crippen LogP contribution in [0.15, 0.2) is 46.9 Å². The summed E-state index contributed by atoms with van der Waals surface area (Å²) in [7, 11) is 1.69. The molecule has 0 spiro atoms. The molecule has 2 nitrogen and oxygen atoms in total. The van der Waals surface area contributed by atoms with Gasteiger partial charge in [0.05, 0.1) is 7.11 Å². The summed E-state index contributed by atoms with van der Waals surface area (Å²) >= 11 is 3.47. The van der Waals surface area contributed by atoms with Gasteiger partial charge in [0.2, 0.25) is 0 Å². The molecular formula is C15H16BrNO. The van der Waals surface area contributed by atoms with E-state index in [1.807, 2.05) is 24.3 Å². The zero-order valence-corrected chi connectivity index (χ0v) is 12.1. The molecule has 0 aliphatic heterocycles. The molecule has 2 rings (SSSR count). The molecule has 0 saturated carbocycles. The molecule has 3 heteroatoms. The Hall–Kier alpha value is -1.48. The minimum atomic E-state index is 0.791. The van der Waals surface area contributed by atoms with Crippen LogP contribution in [0.1, 0.15) is 11.1 Å². The highest BCUT2D eigenvalue weighted by molar-refractivity contribution is 9.10. The van der Waals surface area contributed by atoms with Gasteiger partial charge in [-0.15, -0.1) is 0 Å². The van der Waals surface area contributed by atoms with E-state index in [-0.39, 0.29) is 0 Å². The Balaban J connectivity index is 2.06. The van der Waals surface area contributed by atoms with Gasteiger partial charge in [-0.05, 0) is 48.4 Å².